The fourth-order valence-electron chi connectivity index (χ4n) is 7.51. The number of nitrogens with zero attached hydrogens (tertiary/aromatic N) is 1. The minimum absolute atomic E-state index is 0.0192. The maximum atomic E-state index is 13.3. The molecular formula is C23H34N2O3. The maximum absolute atomic E-state index is 13.3. The summed E-state index contributed by atoms with van der Waals surface area (Å²) in [6.07, 6.45) is 9.53. The van der Waals surface area contributed by atoms with Crippen LogP contribution in [0.15, 0.2) is 5.16 Å². The first-order valence-corrected chi connectivity index (χ1v) is 11.4. The lowest BCUT2D eigenvalue weighted by atomic mass is 9.44. The Morgan fingerprint density at radius 2 is 1.89 bits per heavy atom. The highest BCUT2D eigenvalue weighted by Crippen LogP contribution is 2.64. The van der Waals surface area contributed by atoms with Crippen molar-refractivity contribution in [3.05, 3.63) is 0 Å². The summed E-state index contributed by atoms with van der Waals surface area (Å²) in [4.78, 5) is 32.3. The average molecular weight is 387 g/mol. The molecule has 1 saturated heterocycles. The molecule has 0 bridgehead atoms. The van der Waals surface area contributed by atoms with Crippen molar-refractivity contribution in [3.8, 4) is 0 Å². The molecule has 5 nitrogen and oxygen atoms in total. The van der Waals surface area contributed by atoms with Gasteiger partial charge in [-0.2, -0.15) is 0 Å². The summed E-state index contributed by atoms with van der Waals surface area (Å²) in [7, 11) is 0. The van der Waals surface area contributed by atoms with Gasteiger partial charge in [0.15, 0.2) is 0 Å². The highest BCUT2D eigenvalue weighted by atomic mass is 16.6. The zero-order valence-electron chi connectivity index (χ0n) is 17.3. The maximum Gasteiger partial charge on any atom is 0.202 e. The Morgan fingerprint density at radius 1 is 1.04 bits per heavy atom. The van der Waals surface area contributed by atoms with Gasteiger partial charge in [0, 0.05) is 24.8 Å². The summed E-state index contributed by atoms with van der Waals surface area (Å²) in [5.41, 5.74) is 1.22. The largest absolute Gasteiger partial charge is 0.391 e. The standard InChI is InChI=1S/C23H34N2O3/c1-22-8-3-4-16(22)19-17(6-9-22)23(2)10-5-14(12-18(23)20(26)21(19)27)25-28-15-7-11-24-13-15/h15-19,24H,3-13H2,1-2H3/b25-14+/t15-,16-,17-,18?,19-,22-,23+/m0/s1. The first-order chi connectivity index (χ1) is 13.4. The molecular weight excluding hydrogens is 352 g/mol. The Balaban J connectivity index is 1.39. The van der Waals surface area contributed by atoms with Crippen molar-refractivity contribution >= 4 is 17.3 Å². The zero-order chi connectivity index (χ0) is 19.5. The van der Waals surface area contributed by atoms with Crippen molar-refractivity contribution < 1.29 is 14.4 Å². The first kappa shape index (κ1) is 18.8. The van der Waals surface area contributed by atoms with Crippen LogP contribution >= 0.6 is 0 Å². The van der Waals surface area contributed by atoms with Crippen LogP contribution in [0.1, 0.15) is 71.6 Å². The van der Waals surface area contributed by atoms with E-state index in [-0.39, 0.29) is 40.3 Å². The Labute approximate surface area is 168 Å². The second-order valence-corrected chi connectivity index (χ2v) is 10.7. The second-order valence-electron chi connectivity index (χ2n) is 10.7. The second kappa shape index (κ2) is 6.65. The van der Waals surface area contributed by atoms with E-state index in [4.69, 9.17) is 4.84 Å². The molecule has 5 aliphatic rings. The van der Waals surface area contributed by atoms with Crippen LogP contribution in [0.4, 0.5) is 0 Å². The number of oxime groups is 1. The number of Topliss-reactive ketones (excluding diaryl/α,β-unsaturated/α-hetero) is 2. The molecule has 5 fully saturated rings. The third-order valence-corrected chi connectivity index (χ3v) is 9.29. The van der Waals surface area contributed by atoms with E-state index >= 15 is 0 Å². The number of ketones is 2. The lowest BCUT2D eigenvalue weighted by Gasteiger charge is -2.58. The summed E-state index contributed by atoms with van der Waals surface area (Å²) in [5.74, 6) is 0.440. The molecule has 1 N–H and O–H groups in total. The molecule has 0 aromatic heterocycles. The zero-order valence-corrected chi connectivity index (χ0v) is 17.3. The van der Waals surface area contributed by atoms with Crippen LogP contribution in [-0.2, 0) is 14.4 Å². The normalized spacial score (nSPS) is 49.6. The van der Waals surface area contributed by atoms with Gasteiger partial charge in [-0.25, -0.2) is 0 Å². The van der Waals surface area contributed by atoms with E-state index in [1.165, 1.54) is 19.3 Å². The van der Waals surface area contributed by atoms with E-state index in [0.717, 1.165) is 50.9 Å². The molecule has 28 heavy (non-hydrogen) atoms. The number of hydrogen-bond donors (Lipinski definition) is 1. The van der Waals surface area contributed by atoms with Crippen molar-refractivity contribution in [2.24, 2.45) is 39.7 Å². The monoisotopic (exact) mass is 386 g/mol. The van der Waals surface area contributed by atoms with E-state index in [2.05, 4.69) is 24.3 Å². The average Bonchev–Trinajstić information content (AvgIpc) is 3.33. The number of rotatable bonds is 2. The van der Waals surface area contributed by atoms with Crippen LogP contribution in [0.25, 0.3) is 0 Å². The number of fused-ring (bicyclic) bond motifs is 5. The van der Waals surface area contributed by atoms with Crippen molar-refractivity contribution in [1.82, 2.24) is 5.32 Å². The third kappa shape index (κ3) is 2.72. The smallest absolute Gasteiger partial charge is 0.202 e. The molecule has 1 aliphatic heterocycles. The quantitative estimate of drug-likeness (QED) is 0.582. The molecule has 1 heterocycles. The molecule has 4 aliphatic carbocycles. The van der Waals surface area contributed by atoms with Crippen LogP contribution in [0, 0.1) is 34.5 Å². The van der Waals surface area contributed by atoms with Crippen molar-refractivity contribution in [2.75, 3.05) is 13.1 Å². The van der Waals surface area contributed by atoms with Gasteiger partial charge in [-0.1, -0.05) is 25.4 Å². The van der Waals surface area contributed by atoms with Gasteiger partial charge in [0.1, 0.15) is 6.10 Å². The lowest BCUT2D eigenvalue weighted by Crippen LogP contribution is -2.60. The van der Waals surface area contributed by atoms with Crippen LogP contribution in [0.5, 0.6) is 0 Å². The molecule has 0 spiro atoms. The Hall–Kier alpha value is -1.23. The molecule has 0 aromatic rings. The van der Waals surface area contributed by atoms with Crippen LogP contribution in [0.2, 0.25) is 0 Å². The van der Waals surface area contributed by atoms with Gasteiger partial charge in [-0.15, -0.1) is 0 Å². The fourth-order valence-corrected chi connectivity index (χ4v) is 7.51. The molecule has 5 heteroatoms. The van der Waals surface area contributed by atoms with Gasteiger partial charge in [0.2, 0.25) is 11.6 Å². The van der Waals surface area contributed by atoms with Crippen molar-refractivity contribution in [1.29, 1.82) is 0 Å². The van der Waals surface area contributed by atoms with E-state index in [9.17, 15) is 9.59 Å². The van der Waals surface area contributed by atoms with Gasteiger partial charge in [0.25, 0.3) is 0 Å². The number of carbonyl (C=O) groups excluding carboxylic acids is 2. The minimum atomic E-state index is -0.190. The van der Waals surface area contributed by atoms with Crippen molar-refractivity contribution in [2.45, 2.75) is 77.7 Å². The molecule has 154 valence electrons. The van der Waals surface area contributed by atoms with Crippen LogP contribution < -0.4 is 5.32 Å². The molecule has 0 radical (unpaired) electrons. The predicted octanol–water partition coefficient (Wildman–Crippen LogP) is 3.51. The van der Waals surface area contributed by atoms with E-state index in [0.29, 0.717) is 18.3 Å². The Kier molecular flexibility index (Phi) is 4.46. The number of nitrogens with one attached hydrogen (secondary N) is 1. The van der Waals surface area contributed by atoms with E-state index in [1.54, 1.807) is 0 Å². The predicted molar refractivity (Wildman–Crippen MR) is 107 cm³/mol. The molecule has 0 amide bonds. The molecule has 1 unspecified atom stereocenters. The Morgan fingerprint density at radius 3 is 2.68 bits per heavy atom. The summed E-state index contributed by atoms with van der Waals surface area (Å²) < 4.78 is 0. The van der Waals surface area contributed by atoms with Gasteiger partial charge < -0.3 is 10.2 Å². The SMILES string of the molecule is C[C@@]12CCC[C@H]1[C@@H]1C(=O)C(=O)C3C/C(=N/O[C@H]4CCNC4)CC[C@]3(C)[C@H]1CC2. The summed E-state index contributed by atoms with van der Waals surface area (Å²) in [5, 5.41) is 7.71. The molecule has 0 aromatic carbocycles. The first-order valence-electron chi connectivity index (χ1n) is 11.4. The highest BCUT2D eigenvalue weighted by Gasteiger charge is 2.63. The number of hydrogen-bond acceptors (Lipinski definition) is 5. The fraction of sp³-hybridized carbons (Fsp3) is 0.870. The lowest BCUT2D eigenvalue weighted by molar-refractivity contribution is -0.164. The summed E-state index contributed by atoms with van der Waals surface area (Å²) in [6.45, 7) is 6.50. The van der Waals surface area contributed by atoms with E-state index < -0.39 is 0 Å². The summed E-state index contributed by atoms with van der Waals surface area (Å²) >= 11 is 0. The van der Waals surface area contributed by atoms with E-state index in [1.807, 2.05) is 0 Å². The highest BCUT2D eigenvalue weighted by molar-refractivity contribution is 6.40. The van der Waals surface area contributed by atoms with Gasteiger partial charge >= 0.3 is 0 Å². The third-order valence-electron chi connectivity index (χ3n) is 9.29. The molecule has 4 saturated carbocycles. The molecule has 5 rings (SSSR count). The number of carbonyl (C=O) groups is 2. The van der Waals surface area contributed by atoms with Gasteiger partial charge in [-0.3, -0.25) is 9.59 Å². The topological polar surface area (TPSA) is 67.8 Å². The Bertz CT molecular complexity index is 713. The van der Waals surface area contributed by atoms with Crippen LogP contribution in [0.3, 0.4) is 0 Å². The summed E-state index contributed by atoms with van der Waals surface area (Å²) in [6, 6.07) is 0. The van der Waals surface area contributed by atoms with Crippen molar-refractivity contribution in [3.63, 3.8) is 0 Å². The van der Waals surface area contributed by atoms with Crippen LogP contribution in [-0.4, -0.2) is 36.5 Å². The minimum Gasteiger partial charge on any atom is -0.391 e. The van der Waals surface area contributed by atoms with Gasteiger partial charge in [0.05, 0.1) is 5.71 Å². The molecule has 7 atom stereocenters. The van der Waals surface area contributed by atoms with Gasteiger partial charge in [-0.05, 0) is 74.2 Å².